The van der Waals surface area contributed by atoms with Gasteiger partial charge in [0, 0.05) is 12.7 Å². The van der Waals surface area contributed by atoms with Crippen molar-refractivity contribution in [1.82, 2.24) is 0 Å². The standard InChI is InChI=1S/C12H14O4/c1-8(13)10-4-6-11(7-5-10)12(14)16-9(2)15-3/h4-7,9H,1-3H3. The minimum atomic E-state index is -0.583. The van der Waals surface area contributed by atoms with E-state index < -0.39 is 12.3 Å². The maximum Gasteiger partial charge on any atom is 0.340 e. The van der Waals surface area contributed by atoms with Crippen LogP contribution in [-0.4, -0.2) is 25.2 Å². The average molecular weight is 222 g/mol. The molecule has 0 saturated carbocycles. The van der Waals surface area contributed by atoms with Crippen LogP contribution in [0.2, 0.25) is 0 Å². The fourth-order valence-corrected chi connectivity index (χ4v) is 1.11. The van der Waals surface area contributed by atoms with Crippen molar-refractivity contribution in [3.8, 4) is 0 Å². The van der Waals surface area contributed by atoms with Crippen molar-refractivity contribution in [2.75, 3.05) is 7.11 Å². The number of ether oxygens (including phenoxy) is 2. The SMILES string of the molecule is COC(C)OC(=O)c1ccc(C(C)=O)cc1. The summed E-state index contributed by atoms with van der Waals surface area (Å²) in [7, 11) is 1.46. The summed E-state index contributed by atoms with van der Waals surface area (Å²) < 4.78 is 9.75. The summed E-state index contributed by atoms with van der Waals surface area (Å²) >= 11 is 0. The number of hydrogen-bond donors (Lipinski definition) is 0. The third kappa shape index (κ3) is 3.17. The smallest absolute Gasteiger partial charge is 0.340 e. The van der Waals surface area contributed by atoms with Crippen LogP contribution < -0.4 is 0 Å². The van der Waals surface area contributed by atoms with Crippen LogP contribution >= 0.6 is 0 Å². The first-order valence-electron chi connectivity index (χ1n) is 4.89. The number of rotatable bonds is 4. The molecule has 1 aromatic rings. The molecular weight excluding hydrogens is 208 g/mol. The second kappa shape index (κ2) is 5.42. The number of benzene rings is 1. The summed E-state index contributed by atoms with van der Waals surface area (Å²) in [6.07, 6.45) is -0.583. The van der Waals surface area contributed by atoms with Gasteiger partial charge in [0.2, 0.25) is 0 Å². The normalized spacial score (nSPS) is 11.9. The van der Waals surface area contributed by atoms with E-state index >= 15 is 0 Å². The molecule has 1 atom stereocenters. The van der Waals surface area contributed by atoms with E-state index in [1.54, 1.807) is 31.2 Å². The summed E-state index contributed by atoms with van der Waals surface area (Å²) in [5, 5.41) is 0. The molecule has 0 aromatic heterocycles. The molecule has 4 nitrogen and oxygen atoms in total. The summed E-state index contributed by atoms with van der Waals surface area (Å²) in [4.78, 5) is 22.5. The lowest BCUT2D eigenvalue weighted by Crippen LogP contribution is -2.16. The van der Waals surface area contributed by atoms with E-state index in [2.05, 4.69) is 0 Å². The Morgan fingerprint density at radius 3 is 2.06 bits per heavy atom. The third-order valence-corrected chi connectivity index (χ3v) is 2.13. The van der Waals surface area contributed by atoms with Crippen LogP contribution in [-0.2, 0) is 9.47 Å². The monoisotopic (exact) mass is 222 g/mol. The van der Waals surface area contributed by atoms with Crippen LogP contribution in [0, 0.1) is 0 Å². The summed E-state index contributed by atoms with van der Waals surface area (Å²) in [5.41, 5.74) is 0.963. The number of Topliss-reactive ketones (excluding diaryl/α,β-unsaturated/α-hetero) is 1. The average Bonchev–Trinajstić information content (AvgIpc) is 2.28. The van der Waals surface area contributed by atoms with Gasteiger partial charge >= 0.3 is 5.97 Å². The molecule has 86 valence electrons. The van der Waals surface area contributed by atoms with E-state index in [1.165, 1.54) is 14.0 Å². The van der Waals surface area contributed by atoms with E-state index in [1.807, 2.05) is 0 Å². The van der Waals surface area contributed by atoms with Gasteiger partial charge in [0.25, 0.3) is 0 Å². The zero-order valence-corrected chi connectivity index (χ0v) is 9.52. The third-order valence-electron chi connectivity index (χ3n) is 2.13. The number of ketones is 1. The van der Waals surface area contributed by atoms with Gasteiger partial charge in [-0.2, -0.15) is 0 Å². The van der Waals surface area contributed by atoms with Gasteiger partial charge in [-0.1, -0.05) is 12.1 Å². The molecule has 1 aromatic carbocycles. The Morgan fingerprint density at radius 1 is 1.12 bits per heavy atom. The fourth-order valence-electron chi connectivity index (χ4n) is 1.11. The first kappa shape index (κ1) is 12.4. The topological polar surface area (TPSA) is 52.6 Å². The maximum absolute atomic E-state index is 11.5. The van der Waals surface area contributed by atoms with Crippen LogP contribution in [0.3, 0.4) is 0 Å². The molecule has 0 fully saturated rings. The van der Waals surface area contributed by atoms with Crippen molar-refractivity contribution < 1.29 is 19.1 Å². The number of carbonyl (C=O) groups excluding carboxylic acids is 2. The minimum Gasteiger partial charge on any atom is -0.432 e. The van der Waals surface area contributed by atoms with Gasteiger partial charge in [-0.15, -0.1) is 0 Å². The van der Waals surface area contributed by atoms with Crippen LogP contribution in [0.1, 0.15) is 34.6 Å². The van der Waals surface area contributed by atoms with Crippen molar-refractivity contribution in [3.63, 3.8) is 0 Å². The molecule has 0 bridgehead atoms. The molecule has 0 amide bonds. The Morgan fingerprint density at radius 2 is 1.62 bits per heavy atom. The molecule has 0 aliphatic carbocycles. The fraction of sp³-hybridized carbons (Fsp3) is 0.333. The Balaban J connectivity index is 2.74. The molecule has 0 saturated heterocycles. The Kier molecular flexibility index (Phi) is 4.19. The second-order valence-corrected chi connectivity index (χ2v) is 3.34. The number of methoxy groups -OCH3 is 1. The summed E-state index contributed by atoms with van der Waals surface area (Å²) in [6, 6.07) is 6.30. The molecule has 0 aliphatic rings. The Labute approximate surface area is 94.2 Å². The number of carbonyl (C=O) groups is 2. The predicted molar refractivity (Wildman–Crippen MR) is 58.3 cm³/mol. The van der Waals surface area contributed by atoms with Crippen molar-refractivity contribution in [2.24, 2.45) is 0 Å². The van der Waals surface area contributed by atoms with Gasteiger partial charge in [0.05, 0.1) is 5.56 Å². The van der Waals surface area contributed by atoms with Crippen LogP contribution in [0.25, 0.3) is 0 Å². The summed E-state index contributed by atoms with van der Waals surface area (Å²) in [5.74, 6) is -0.505. The predicted octanol–water partition coefficient (Wildman–Crippen LogP) is 2.04. The van der Waals surface area contributed by atoms with Crippen molar-refractivity contribution in [1.29, 1.82) is 0 Å². The van der Waals surface area contributed by atoms with Crippen molar-refractivity contribution in [3.05, 3.63) is 35.4 Å². The molecule has 16 heavy (non-hydrogen) atoms. The first-order valence-corrected chi connectivity index (χ1v) is 4.89. The largest absolute Gasteiger partial charge is 0.432 e. The molecule has 1 unspecified atom stereocenters. The zero-order chi connectivity index (χ0) is 12.1. The number of esters is 1. The first-order chi connectivity index (χ1) is 7.54. The molecule has 0 radical (unpaired) electrons. The Hall–Kier alpha value is -1.68. The van der Waals surface area contributed by atoms with Gasteiger partial charge in [-0.05, 0) is 26.0 Å². The summed E-state index contributed by atoms with van der Waals surface area (Å²) in [6.45, 7) is 3.10. The highest BCUT2D eigenvalue weighted by Crippen LogP contribution is 2.08. The van der Waals surface area contributed by atoms with E-state index in [0.717, 1.165) is 0 Å². The molecule has 0 aliphatic heterocycles. The lowest BCUT2D eigenvalue weighted by Gasteiger charge is -2.10. The maximum atomic E-state index is 11.5. The van der Waals surface area contributed by atoms with Gasteiger partial charge in [-0.3, -0.25) is 4.79 Å². The van der Waals surface area contributed by atoms with Crippen molar-refractivity contribution >= 4 is 11.8 Å². The van der Waals surface area contributed by atoms with E-state index in [-0.39, 0.29) is 5.78 Å². The highest BCUT2D eigenvalue weighted by atomic mass is 16.7. The van der Waals surface area contributed by atoms with Gasteiger partial charge in [-0.25, -0.2) is 4.79 Å². The lowest BCUT2D eigenvalue weighted by atomic mass is 10.1. The van der Waals surface area contributed by atoms with E-state index in [0.29, 0.717) is 11.1 Å². The molecule has 1 rings (SSSR count). The van der Waals surface area contributed by atoms with Gasteiger partial charge in [0.1, 0.15) is 0 Å². The van der Waals surface area contributed by atoms with E-state index in [4.69, 9.17) is 9.47 Å². The molecular formula is C12H14O4. The Bertz CT molecular complexity index is 381. The molecule has 0 spiro atoms. The second-order valence-electron chi connectivity index (χ2n) is 3.34. The molecule has 4 heteroatoms. The molecule has 0 N–H and O–H groups in total. The van der Waals surface area contributed by atoms with Gasteiger partial charge < -0.3 is 9.47 Å². The van der Waals surface area contributed by atoms with Crippen LogP contribution in [0.5, 0.6) is 0 Å². The highest BCUT2D eigenvalue weighted by Gasteiger charge is 2.11. The quantitative estimate of drug-likeness (QED) is 0.444. The molecule has 0 heterocycles. The van der Waals surface area contributed by atoms with Gasteiger partial charge in [0.15, 0.2) is 12.1 Å². The minimum absolute atomic E-state index is 0.0369. The lowest BCUT2D eigenvalue weighted by molar-refractivity contribution is -0.0773. The highest BCUT2D eigenvalue weighted by molar-refractivity contribution is 5.96. The zero-order valence-electron chi connectivity index (χ0n) is 9.52. The number of hydrogen-bond acceptors (Lipinski definition) is 4. The van der Waals surface area contributed by atoms with Crippen molar-refractivity contribution in [2.45, 2.75) is 20.1 Å². The van der Waals surface area contributed by atoms with E-state index in [9.17, 15) is 9.59 Å². The van der Waals surface area contributed by atoms with Crippen LogP contribution in [0.4, 0.5) is 0 Å². The van der Waals surface area contributed by atoms with Crippen LogP contribution in [0.15, 0.2) is 24.3 Å².